The maximum atomic E-state index is 11.9. The quantitative estimate of drug-likeness (QED) is 0.701. The number of carbonyl (C=O) groups excluding carboxylic acids is 1. The van der Waals surface area contributed by atoms with E-state index in [4.69, 9.17) is 5.73 Å². The number of aryl methyl sites for hydroxylation is 1. The van der Waals surface area contributed by atoms with Gasteiger partial charge in [-0.2, -0.15) is 0 Å². The van der Waals surface area contributed by atoms with E-state index in [1.54, 1.807) is 32.0 Å². The van der Waals surface area contributed by atoms with Gasteiger partial charge in [0, 0.05) is 0 Å². The molecule has 0 heterocycles. The van der Waals surface area contributed by atoms with E-state index in [2.05, 4.69) is 5.32 Å². The normalized spacial score (nSPS) is 14.1. The molecule has 0 aliphatic carbocycles. The molecule has 1 aromatic carbocycles. The second-order valence-corrected chi connectivity index (χ2v) is 4.59. The van der Waals surface area contributed by atoms with Gasteiger partial charge in [0.2, 0.25) is 5.91 Å². The van der Waals surface area contributed by atoms with Crippen molar-refractivity contribution >= 4 is 11.6 Å². The van der Waals surface area contributed by atoms with Gasteiger partial charge in [-0.3, -0.25) is 4.79 Å². The number of carbonyl (C=O) groups is 1. The van der Waals surface area contributed by atoms with E-state index in [1.807, 2.05) is 6.92 Å². The lowest BCUT2D eigenvalue weighted by Gasteiger charge is -2.23. The zero-order valence-electron chi connectivity index (χ0n) is 10.6. The number of phenols is 1. The zero-order chi connectivity index (χ0) is 13.1. The molecule has 0 radical (unpaired) electrons. The van der Waals surface area contributed by atoms with Crippen LogP contribution in [-0.2, 0) is 4.79 Å². The van der Waals surface area contributed by atoms with Gasteiger partial charge in [-0.25, -0.2) is 0 Å². The van der Waals surface area contributed by atoms with Crippen LogP contribution in [0, 0.1) is 6.92 Å². The van der Waals surface area contributed by atoms with Crippen LogP contribution >= 0.6 is 0 Å². The highest BCUT2D eigenvalue weighted by molar-refractivity contribution is 5.98. The Morgan fingerprint density at radius 3 is 2.76 bits per heavy atom. The van der Waals surface area contributed by atoms with Gasteiger partial charge in [0.1, 0.15) is 5.75 Å². The largest absolute Gasteiger partial charge is 0.505 e. The van der Waals surface area contributed by atoms with Crippen molar-refractivity contribution in [3.63, 3.8) is 0 Å². The van der Waals surface area contributed by atoms with Gasteiger partial charge in [-0.1, -0.05) is 25.5 Å². The van der Waals surface area contributed by atoms with E-state index in [-0.39, 0.29) is 11.7 Å². The Kier molecular flexibility index (Phi) is 4.12. The number of amides is 1. The maximum Gasteiger partial charge on any atom is 0.244 e. The third-order valence-electron chi connectivity index (χ3n) is 2.77. The summed E-state index contributed by atoms with van der Waals surface area (Å²) in [4.78, 5) is 11.9. The number of nitrogens with one attached hydrogen (secondary N) is 1. The number of hydrogen-bond donors (Lipinski definition) is 3. The predicted molar refractivity (Wildman–Crippen MR) is 69.0 cm³/mol. The van der Waals surface area contributed by atoms with E-state index >= 15 is 0 Å². The molecule has 1 aromatic rings. The van der Waals surface area contributed by atoms with Crippen LogP contribution in [0.2, 0.25) is 0 Å². The van der Waals surface area contributed by atoms with Crippen LogP contribution in [-0.4, -0.2) is 16.6 Å². The fourth-order valence-corrected chi connectivity index (χ4v) is 1.66. The average molecular weight is 236 g/mol. The first-order chi connectivity index (χ1) is 7.88. The zero-order valence-corrected chi connectivity index (χ0v) is 10.6. The highest BCUT2D eigenvalue weighted by Gasteiger charge is 2.27. The first-order valence-corrected chi connectivity index (χ1v) is 5.77. The van der Waals surface area contributed by atoms with Crippen molar-refractivity contribution in [2.45, 2.75) is 39.2 Å². The smallest absolute Gasteiger partial charge is 0.244 e. The minimum absolute atomic E-state index is 0.0909. The van der Waals surface area contributed by atoms with E-state index in [1.165, 1.54) is 0 Å². The number of para-hydroxylation sites is 1. The molecule has 0 spiro atoms. The summed E-state index contributed by atoms with van der Waals surface area (Å²) in [6.45, 7) is 5.44. The Balaban J connectivity index is 2.85. The minimum atomic E-state index is -0.912. The van der Waals surface area contributed by atoms with Crippen LogP contribution in [0.15, 0.2) is 18.2 Å². The monoisotopic (exact) mass is 236 g/mol. The first-order valence-electron chi connectivity index (χ1n) is 5.77. The number of aromatic hydroxyl groups is 1. The molecule has 0 saturated carbocycles. The number of benzene rings is 1. The van der Waals surface area contributed by atoms with Gasteiger partial charge in [0.15, 0.2) is 0 Å². The van der Waals surface area contributed by atoms with Gasteiger partial charge in [0.05, 0.1) is 11.2 Å². The summed E-state index contributed by atoms with van der Waals surface area (Å²) in [7, 11) is 0. The Bertz CT molecular complexity index is 414. The van der Waals surface area contributed by atoms with E-state index < -0.39 is 5.54 Å². The SMILES string of the molecule is CCCC(C)(N)C(=O)Nc1cccc(C)c1O. The number of phenolic OH excluding ortho intramolecular Hbond substituents is 1. The summed E-state index contributed by atoms with van der Waals surface area (Å²) in [6.07, 6.45) is 1.44. The van der Waals surface area contributed by atoms with E-state index in [9.17, 15) is 9.90 Å². The number of hydrogen-bond acceptors (Lipinski definition) is 3. The molecule has 0 bridgehead atoms. The van der Waals surface area contributed by atoms with E-state index in [0.717, 1.165) is 12.0 Å². The summed E-state index contributed by atoms with van der Waals surface area (Å²) >= 11 is 0. The molecule has 1 amide bonds. The fraction of sp³-hybridized carbons (Fsp3) is 0.462. The molecule has 94 valence electrons. The van der Waals surface area contributed by atoms with Crippen LogP contribution < -0.4 is 11.1 Å². The molecule has 0 aromatic heterocycles. The lowest BCUT2D eigenvalue weighted by Crippen LogP contribution is -2.48. The molecule has 4 nitrogen and oxygen atoms in total. The third-order valence-corrected chi connectivity index (χ3v) is 2.77. The van der Waals surface area contributed by atoms with Gasteiger partial charge < -0.3 is 16.2 Å². The molecular formula is C13H20N2O2. The van der Waals surface area contributed by atoms with Crippen LogP contribution in [0.1, 0.15) is 32.3 Å². The van der Waals surface area contributed by atoms with Crippen LogP contribution in [0.4, 0.5) is 5.69 Å². The minimum Gasteiger partial charge on any atom is -0.505 e. The van der Waals surface area contributed by atoms with Gasteiger partial charge in [-0.05, 0) is 31.9 Å². The molecule has 1 atom stereocenters. The van der Waals surface area contributed by atoms with Crippen LogP contribution in [0.3, 0.4) is 0 Å². The van der Waals surface area contributed by atoms with Crippen molar-refractivity contribution in [2.75, 3.05) is 5.32 Å². The number of nitrogens with two attached hydrogens (primary N) is 1. The number of rotatable bonds is 4. The van der Waals surface area contributed by atoms with Crippen molar-refractivity contribution < 1.29 is 9.90 Å². The first kappa shape index (κ1) is 13.5. The third kappa shape index (κ3) is 3.20. The van der Waals surface area contributed by atoms with Crippen LogP contribution in [0.5, 0.6) is 5.75 Å². The molecule has 1 rings (SSSR count). The van der Waals surface area contributed by atoms with Gasteiger partial charge >= 0.3 is 0 Å². The van der Waals surface area contributed by atoms with Crippen molar-refractivity contribution in [3.8, 4) is 5.75 Å². The molecule has 0 aliphatic rings. The highest BCUT2D eigenvalue weighted by Crippen LogP contribution is 2.27. The standard InChI is InChI=1S/C13H20N2O2/c1-4-8-13(3,14)12(17)15-10-7-5-6-9(2)11(10)16/h5-7,16H,4,8,14H2,1-3H3,(H,15,17). The van der Waals surface area contributed by atoms with Crippen molar-refractivity contribution in [2.24, 2.45) is 5.73 Å². The predicted octanol–water partition coefficient (Wildman–Crippen LogP) is 2.16. The molecule has 4 N–H and O–H groups in total. The molecule has 0 aliphatic heterocycles. The Hall–Kier alpha value is -1.55. The Labute approximate surface area is 102 Å². The summed E-state index contributed by atoms with van der Waals surface area (Å²) in [5.41, 5.74) is 6.13. The van der Waals surface area contributed by atoms with Crippen molar-refractivity contribution in [1.82, 2.24) is 0 Å². The Morgan fingerprint density at radius 2 is 2.18 bits per heavy atom. The van der Waals surface area contributed by atoms with Crippen molar-refractivity contribution in [3.05, 3.63) is 23.8 Å². The van der Waals surface area contributed by atoms with E-state index in [0.29, 0.717) is 12.1 Å². The van der Waals surface area contributed by atoms with Crippen molar-refractivity contribution in [1.29, 1.82) is 0 Å². The summed E-state index contributed by atoms with van der Waals surface area (Å²) < 4.78 is 0. The molecule has 4 heteroatoms. The second kappa shape index (κ2) is 5.19. The lowest BCUT2D eigenvalue weighted by atomic mass is 9.96. The summed E-state index contributed by atoms with van der Waals surface area (Å²) in [5.74, 6) is -0.187. The maximum absolute atomic E-state index is 11.9. The molecule has 0 saturated heterocycles. The Morgan fingerprint density at radius 1 is 1.53 bits per heavy atom. The van der Waals surface area contributed by atoms with Crippen LogP contribution in [0.25, 0.3) is 0 Å². The molecular weight excluding hydrogens is 216 g/mol. The summed E-state index contributed by atoms with van der Waals surface area (Å²) in [5, 5.41) is 12.4. The van der Waals surface area contributed by atoms with Gasteiger partial charge in [0.25, 0.3) is 0 Å². The molecule has 0 fully saturated rings. The topological polar surface area (TPSA) is 75.4 Å². The molecule has 1 unspecified atom stereocenters. The van der Waals surface area contributed by atoms with Gasteiger partial charge in [-0.15, -0.1) is 0 Å². The number of anilines is 1. The molecule has 17 heavy (non-hydrogen) atoms. The highest BCUT2D eigenvalue weighted by atomic mass is 16.3. The average Bonchev–Trinajstić information content (AvgIpc) is 2.24. The fourth-order valence-electron chi connectivity index (χ4n) is 1.66. The lowest BCUT2D eigenvalue weighted by molar-refractivity contribution is -0.120. The second-order valence-electron chi connectivity index (χ2n) is 4.59. The summed E-state index contributed by atoms with van der Waals surface area (Å²) in [6, 6.07) is 5.21.